The van der Waals surface area contributed by atoms with E-state index in [9.17, 15) is 0 Å². The Morgan fingerprint density at radius 1 is 1.03 bits per heavy atom. The first-order valence-corrected chi connectivity index (χ1v) is 15.2. The molecule has 1 aromatic carbocycles. The number of rotatable bonds is 6. The lowest BCUT2D eigenvalue weighted by Gasteiger charge is -2.55. The van der Waals surface area contributed by atoms with E-state index in [2.05, 4.69) is 67.1 Å². The molecule has 0 radical (unpaired) electrons. The molecule has 1 saturated heterocycles. The molecule has 3 heterocycles. The third-order valence-electron chi connectivity index (χ3n) is 11.3. The Balaban J connectivity index is 1.21. The third kappa shape index (κ3) is 3.49. The Morgan fingerprint density at radius 3 is 2.73 bits per heavy atom. The second-order valence-corrected chi connectivity index (χ2v) is 13.1. The Morgan fingerprint density at radius 2 is 1.89 bits per heavy atom. The monoisotopic (exact) mass is 496 g/mol. The van der Waals surface area contributed by atoms with Gasteiger partial charge in [0.2, 0.25) is 0 Å². The van der Waals surface area contributed by atoms with Crippen molar-refractivity contribution in [1.29, 1.82) is 0 Å². The third-order valence-corrected chi connectivity index (χ3v) is 11.3. The number of nitrogens with zero attached hydrogens (tertiary/aromatic N) is 2. The van der Waals surface area contributed by atoms with Gasteiger partial charge in [0, 0.05) is 23.8 Å². The van der Waals surface area contributed by atoms with Gasteiger partial charge in [-0.05, 0) is 129 Å². The van der Waals surface area contributed by atoms with Gasteiger partial charge in [0.15, 0.2) is 0 Å². The maximum Gasteiger partial charge on any atom is 0.0974 e. The molecule has 3 aliphatic carbocycles. The highest BCUT2D eigenvalue weighted by atomic mass is 16.5. The molecule has 37 heavy (non-hydrogen) atoms. The van der Waals surface area contributed by atoms with Crippen molar-refractivity contribution in [3.05, 3.63) is 65.5 Å². The molecular formula is C34H44N2O. The van der Waals surface area contributed by atoms with Crippen molar-refractivity contribution in [2.45, 2.75) is 108 Å². The van der Waals surface area contributed by atoms with Gasteiger partial charge in [0.1, 0.15) is 0 Å². The van der Waals surface area contributed by atoms with Gasteiger partial charge in [-0.25, -0.2) is 0 Å². The first kappa shape index (κ1) is 24.1. The molecule has 7 rings (SSSR count). The topological polar surface area (TPSA) is 25.4 Å². The fourth-order valence-electron chi connectivity index (χ4n) is 9.61. The van der Waals surface area contributed by atoms with E-state index in [1.165, 1.54) is 93.6 Å². The Labute approximate surface area is 223 Å². The second kappa shape index (κ2) is 8.78. The van der Waals surface area contributed by atoms with Gasteiger partial charge in [-0.3, -0.25) is 4.98 Å². The van der Waals surface area contributed by atoms with Crippen LogP contribution in [0, 0.1) is 11.3 Å². The smallest absolute Gasteiger partial charge is 0.0974 e. The summed E-state index contributed by atoms with van der Waals surface area (Å²) in [7, 11) is 0. The van der Waals surface area contributed by atoms with Crippen molar-refractivity contribution in [1.82, 2.24) is 9.88 Å². The Kier molecular flexibility index (Phi) is 5.72. The zero-order valence-electron chi connectivity index (χ0n) is 23.1. The van der Waals surface area contributed by atoms with E-state index in [1.54, 1.807) is 11.1 Å². The minimum Gasteiger partial charge on any atom is -0.359 e. The molecule has 2 bridgehead atoms. The summed E-state index contributed by atoms with van der Waals surface area (Å²) in [5.74, 6) is 1.19. The Bertz CT molecular complexity index is 1260. The zero-order valence-corrected chi connectivity index (χ0v) is 23.1. The molecule has 2 aromatic rings. The number of pyridine rings is 1. The van der Waals surface area contributed by atoms with Gasteiger partial charge >= 0.3 is 0 Å². The quantitative estimate of drug-likeness (QED) is 0.405. The van der Waals surface area contributed by atoms with Crippen LogP contribution in [0.25, 0.3) is 10.8 Å². The number of hydrogen-bond donors (Lipinski definition) is 0. The van der Waals surface area contributed by atoms with Gasteiger partial charge in [-0.15, -0.1) is 0 Å². The number of hydrogen-bond acceptors (Lipinski definition) is 3. The molecule has 3 fully saturated rings. The lowest BCUT2D eigenvalue weighted by atomic mass is 9.58. The first-order chi connectivity index (χ1) is 18.0. The fraction of sp³-hybridized carbons (Fsp3) is 0.618. The van der Waals surface area contributed by atoms with Crippen LogP contribution in [-0.4, -0.2) is 40.2 Å². The highest BCUT2D eigenvalue weighted by Gasteiger charge is 2.66. The van der Waals surface area contributed by atoms with Crippen LogP contribution in [0.15, 0.2) is 60.0 Å². The summed E-state index contributed by atoms with van der Waals surface area (Å²) < 4.78 is 7.58. The Hall–Kier alpha value is -1.97. The van der Waals surface area contributed by atoms with Crippen LogP contribution in [-0.2, 0) is 4.74 Å². The molecule has 2 saturated carbocycles. The minimum absolute atomic E-state index is 0.00898. The SMILES string of the molecule is CCCN(CCC)[C@@H]1CCC2=CC3=CC[C@]4(C)[C@@H](c5ccc6ccncc6c5)CC[C@H]4[C@@]34CC[C@]2(C1)O4. The zero-order chi connectivity index (χ0) is 25.3. The summed E-state index contributed by atoms with van der Waals surface area (Å²) in [6.07, 6.45) is 21.6. The standard InChI is InChI=1S/C34H44N2O/c1-4-18-36(19-5-2)29-9-8-27-21-28-12-14-32(3)30(25-7-6-24-13-17-35-23-26(24)20-25)10-11-31(32)34(28)16-15-33(27,22-29)37-34/h6-7,12-13,17,20-21,23,29-31H,4-5,8-11,14-16,18-19,22H2,1-3H3/t29-,30-,31-,32-,33-,34-/m1/s1. The second-order valence-electron chi connectivity index (χ2n) is 13.1. The van der Waals surface area contributed by atoms with Crippen molar-refractivity contribution in [2.75, 3.05) is 13.1 Å². The van der Waals surface area contributed by atoms with Crippen LogP contribution in [0.5, 0.6) is 0 Å². The maximum absolute atomic E-state index is 7.58. The summed E-state index contributed by atoms with van der Waals surface area (Å²) in [6.45, 7) is 9.71. The average Bonchev–Trinajstić information content (AvgIpc) is 3.43. The predicted molar refractivity (Wildman–Crippen MR) is 152 cm³/mol. The molecule has 3 nitrogen and oxygen atoms in total. The average molecular weight is 497 g/mol. The van der Waals surface area contributed by atoms with Crippen LogP contribution < -0.4 is 0 Å². The lowest BCUT2D eigenvalue weighted by molar-refractivity contribution is -0.141. The number of allylic oxidation sites excluding steroid dienone is 1. The molecule has 5 aliphatic rings. The van der Waals surface area contributed by atoms with Crippen LogP contribution >= 0.6 is 0 Å². The van der Waals surface area contributed by atoms with Crippen LogP contribution in [0.4, 0.5) is 0 Å². The number of fused-ring (bicyclic) bond motifs is 2. The van der Waals surface area contributed by atoms with Gasteiger partial charge in [0.05, 0.1) is 11.2 Å². The summed E-state index contributed by atoms with van der Waals surface area (Å²) in [5, 5.41) is 2.57. The highest BCUT2D eigenvalue weighted by molar-refractivity contribution is 5.82. The molecule has 196 valence electrons. The van der Waals surface area contributed by atoms with E-state index in [4.69, 9.17) is 4.74 Å². The maximum atomic E-state index is 7.58. The van der Waals surface area contributed by atoms with Crippen LogP contribution in [0.1, 0.15) is 96.5 Å². The van der Waals surface area contributed by atoms with Gasteiger partial charge < -0.3 is 9.64 Å². The van der Waals surface area contributed by atoms with Crippen molar-refractivity contribution < 1.29 is 4.74 Å². The van der Waals surface area contributed by atoms with E-state index in [0.29, 0.717) is 17.9 Å². The number of ether oxygens (including phenoxy) is 1. The van der Waals surface area contributed by atoms with E-state index in [-0.39, 0.29) is 16.6 Å². The molecule has 0 amide bonds. The number of aromatic nitrogens is 1. The van der Waals surface area contributed by atoms with E-state index in [0.717, 1.165) is 0 Å². The lowest BCUT2D eigenvalue weighted by Crippen LogP contribution is -2.55. The number of benzene rings is 1. The first-order valence-electron chi connectivity index (χ1n) is 15.2. The normalized spacial score (nSPS) is 38.2. The highest BCUT2D eigenvalue weighted by Crippen LogP contribution is 2.69. The molecule has 6 atom stereocenters. The molecule has 2 aliphatic heterocycles. The molecule has 0 N–H and O–H groups in total. The molecule has 1 aromatic heterocycles. The van der Waals surface area contributed by atoms with Crippen molar-refractivity contribution in [3.63, 3.8) is 0 Å². The fourth-order valence-corrected chi connectivity index (χ4v) is 9.61. The van der Waals surface area contributed by atoms with Crippen molar-refractivity contribution in [3.8, 4) is 0 Å². The molecular weight excluding hydrogens is 452 g/mol. The minimum atomic E-state index is -0.0636. The van der Waals surface area contributed by atoms with Crippen LogP contribution in [0.2, 0.25) is 0 Å². The molecule has 2 spiro atoms. The van der Waals surface area contributed by atoms with Crippen molar-refractivity contribution >= 4 is 10.8 Å². The molecule has 3 heteroatoms. The van der Waals surface area contributed by atoms with E-state index >= 15 is 0 Å². The van der Waals surface area contributed by atoms with Gasteiger partial charge in [-0.2, -0.15) is 0 Å². The summed E-state index contributed by atoms with van der Waals surface area (Å²) in [6, 6.07) is 9.94. The largest absolute Gasteiger partial charge is 0.359 e. The van der Waals surface area contributed by atoms with E-state index in [1.807, 2.05) is 12.4 Å². The van der Waals surface area contributed by atoms with Crippen LogP contribution in [0.3, 0.4) is 0 Å². The van der Waals surface area contributed by atoms with Crippen molar-refractivity contribution in [2.24, 2.45) is 11.3 Å². The van der Waals surface area contributed by atoms with Gasteiger partial charge in [0.25, 0.3) is 0 Å². The van der Waals surface area contributed by atoms with E-state index < -0.39 is 0 Å². The van der Waals surface area contributed by atoms with Gasteiger partial charge in [-0.1, -0.05) is 45.1 Å². The summed E-state index contributed by atoms with van der Waals surface area (Å²) in [4.78, 5) is 7.19. The molecule has 0 unspecified atom stereocenters. The summed E-state index contributed by atoms with van der Waals surface area (Å²) >= 11 is 0. The summed E-state index contributed by atoms with van der Waals surface area (Å²) in [5.41, 5.74) is 4.85. The predicted octanol–water partition coefficient (Wildman–Crippen LogP) is 7.97.